The van der Waals surface area contributed by atoms with Crippen molar-refractivity contribution in [2.24, 2.45) is 0 Å². The molecule has 0 saturated heterocycles. The molecule has 0 spiro atoms. The second kappa shape index (κ2) is 5.88. The largest absolute Gasteiger partial charge is 0.362 e. The van der Waals surface area contributed by atoms with Gasteiger partial charge in [0.25, 0.3) is 0 Å². The van der Waals surface area contributed by atoms with Gasteiger partial charge < -0.3 is 4.98 Å². The van der Waals surface area contributed by atoms with Gasteiger partial charge in [-0.25, -0.2) is 0 Å². The summed E-state index contributed by atoms with van der Waals surface area (Å²) in [7, 11) is 0. The quantitative estimate of drug-likeness (QED) is 0.714. The molecule has 0 unspecified atom stereocenters. The summed E-state index contributed by atoms with van der Waals surface area (Å²) in [6.07, 6.45) is 11.2. The van der Waals surface area contributed by atoms with E-state index >= 15 is 0 Å². The normalized spacial score (nSPS) is 18.5. The van der Waals surface area contributed by atoms with Crippen LogP contribution in [0.2, 0.25) is 0 Å². The van der Waals surface area contributed by atoms with E-state index < -0.39 is 0 Å². The van der Waals surface area contributed by atoms with E-state index in [2.05, 4.69) is 4.98 Å². The van der Waals surface area contributed by atoms with Crippen molar-refractivity contribution in [3.63, 3.8) is 0 Å². The minimum absolute atomic E-state index is 0.167. The molecule has 1 aromatic rings. The first kappa shape index (κ1) is 11.4. The van der Waals surface area contributed by atoms with Gasteiger partial charge in [-0.1, -0.05) is 32.1 Å². The second-order valence-corrected chi connectivity index (χ2v) is 4.84. The number of H-pyrrole nitrogens is 1. The Morgan fingerprint density at radius 1 is 0.750 bits per heavy atom. The maximum atomic E-state index is 11.5. The zero-order valence-electron chi connectivity index (χ0n) is 9.93. The summed E-state index contributed by atoms with van der Waals surface area (Å²) in [5.74, 6) is 0. The van der Waals surface area contributed by atoms with Gasteiger partial charge >= 0.3 is 0 Å². The Labute approximate surface area is 97.1 Å². The molecule has 2 nitrogen and oxygen atoms in total. The van der Waals surface area contributed by atoms with Crippen molar-refractivity contribution in [2.45, 2.75) is 57.8 Å². The van der Waals surface area contributed by atoms with Crippen LogP contribution in [0.3, 0.4) is 0 Å². The summed E-state index contributed by atoms with van der Waals surface area (Å²) < 4.78 is 0. The van der Waals surface area contributed by atoms with Crippen LogP contribution < -0.4 is 5.43 Å². The highest BCUT2D eigenvalue weighted by Gasteiger charge is 2.02. The number of hydrogen-bond acceptors (Lipinski definition) is 1. The van der Waals surface area contributed by atoms with Gasteiger partial charge in [-0.2, -0.15) is 0 Å². The van der Waals surface area contributed by atoms with Gasteiger partial charge in [-0.3, -0.25) is 4.79 Å². The number of fused-ring (bicyclic) bond motifs is 2. The molecule has 1 aliphatic heterocycles. The van der Waals surface area contributed by atoms with E-state index in [1.54, 1.807) is 12.1 Å². The first-order chi connectivity index (χ1) is 7.84. The third-order valence-corrected chi connectivity index (χ3v) is 3.35. The van der Waals surface area contributed by atoms with Crippen LogP contribution in [0.1, 0.15) is 56.3 Å². The van der Waals surface area contributed by atoms with Crippen LogP contribution in [0.15, 0.2) is 16.9 Å². The van der Waals surface area contributed by atoms with Crippen molar-refractivity contribution in [1.82, 2.24) is 4.98 Å². The summed E-state index contributed by atoms with van der Waals surface area (Å²) >= 11 is 0. The number of nitrogens with one attached hydrogen (secondary N) is 1. The molecule has 0 radical (unpaired) electrons. The Morgan fingerprint density at radius 3 is 1.69 bits per heavy atom. The van der Waals surface area contributed by atoms with Gasteiger partial charge in [-0.15, -0.1) is 0 Å². The van der Waals surface area contributed by atoms with E-state index in [0.29, 0.717) is 0 Å². The SMILES string of the molecule is O=c1cc2[nH]c(c1)CCCCCCCCC2. The van der Waals surface area contributed by atoms with Crippen LogP contribution in [0.5, 0.6) is 0 Å². The molecule has 0 atom stereocenters. The van der Waals surface area contributed by atoms with Crippen LogP contribution in [0, 0.1) is 0 Å². The topological polar surface area (TPSA) is 32.9 Å². The van der Waals surface area contributed by atoms with Crippen molar-refractivity contribution in [3.05, 3.63) is 33.7 Å². The lowest BCUT2D eigenvalue weighted by Crippen LogP contribution is -2.07. The number of pyridine rings is 1. The van der Waals surface area contributed by atoms with Gasteiger partial charge in [0, 0.05) is 23.5 Å². The number of aromatic nitrogens is 1. The minimum Gasteiger partial charge on any atom is -0.362 e. The predicted molar refractivity (Wildman–Crippen MR) is 66.8 cm³/mol. The molecule has 2 heteroatoms. The monoisotopic (exact) mass is 219 g/mol. The minimum atomic E-state index is 0.167. The van der Waals surface area contributed by atoms with E-state index in [1.807, 2.05) is 0 Å². The molecule has 0 fully saturated rings. The highest BCUT2D eigenvalue weighted by Crippen LogP contribution is 2.12. The smallest absolute Gasteiger partial charge is 0.182 e. The maximum absolute atomic E-state index is 11.5. The van der Waals surface area contributed by atoms with Crippen molar-refractivity contribution in [1.29, 1.82) is 0 Å². The highest BCUT2D eigenvalue weighted by molar-refractivity contribution is 5.12. The maximum Gasteiger partial charge on any atom is 0.182 e. The van der Waals surface area contributed by atoms with Crippen molar-refractivity contribution < 1.29 is 0 Å². The Hall–Kier alpha value is -1.05. The molecule has 0 aromatic carbocycles. The summed E-state index contributed by atoms with van der Waals surface area (Å²) in [5, 5.41) is 0. The van der Waals surface area contributed by atoms with Crippen LogP contribution in [0.4, 0.5) is 0 Å². The number of aromatic amines is 1. The molecule has 2 rings (SSSR count). The van der Waals surface area contributed by atoms with E-state index in [4.69, 9.17) is 0 Å². The van der Waals surface area contributed by atoms with Crippen LogP contribution in [-0.2, 0) is 12.8 Å². The second-order valence-electron chi connectivity index (χ2n) is 4.84. The number of rotatable bonds is 0. The standard InChI is InChI=1S/C14H21NO/c16-14-10-12-8-6-4-2-1-3-5-7-9-13(11-14)15-12/h10-11H,1-9H2,(H,15,16). The average Bonchev–Trinajstić information content (AvgIpc) is 2.24. The molecule has 0 amide bonds. The van der Waals surface area contributed by atoms with Gasteiger partial charge in [0.05, 0.1) is 0 Å². The summed E-state index contributed by atoms with van der Waals surface area (Å²) in [5.41, 5.74) is 2.42. The zero-order valence-corrected chi connectivity index (χ0v) is 9.93. The fourth-order valence-corrected chi connectivity index (χ4v) is 2.45. The molecule has 2 bridgehead atoms. The molecule has 1 N–H and O–H groups in total. The number of hydrogen-bond donors (Lipinski definition) is 1. The van der Waals surface area contributed by atoms with Crippen molar-refractivity contribution in [2.75, 3.05) is 0 Å². The third kappa shape index (κ3) is 3.51. The van der Waals surface area contributed by atoms with E-state index in [-0.39, 0.29) is 5.43 Å². The number of aryl methyl sites for hydroxylation is 2. The molecule has 2 heterocycles. The Bertz CT molecular complexity index is 349. The van der Waals surface area contributed by atoms with Crippen molar-refractivity contribution >= 4 is 0 Å². The van der Waals surface area contributed by atoms with Crippen LogP contribution in [0.25, 0.3) is 0 Å². The molecular weight excluding hydrogens is 198 g/mol. The third-order valence-electron chi connectivity index (χ3n) is 3.35. The molecular formula is C14H21NO. The van der Waals surface area contributed by atoms with E-state index in [0.717, 1.165) is 24.2 Å². The Kier molecular flexibility index (Phi) is 4.20. The first-order valence-electron chi connectivity index (χ1n) is 6.57. The molecule has 1 aromatic heterocycles. The lowest BCUT2D eigenvalue weighted by molar-refractivity contribution is 0.568. The van der Waals surface area contributed by atoms with E-state index in [9.17, 15) is 4.79 Å². The lowest BCUT2D eigenvalue weighted by Gasteiger charge is -2.08. The highest BCUT2D eigenvalue weighted by atomic mass is 16.1. The molecule has 16 heavy (non-hydrogen) atoms. The molecule has 1 aliphatic rings. The van der Waals surface area contributed by atoms with Crippen LogP contribution in [-0.4, -0.2) is 4.98 Å². The van der Waals surface area contributed by atoms with Crippen molar-refractivity contribution in [3.8, 4) is 0 Å². The lowest BCUT2D eigenvalue weighted by atomic mass is 10.0. The van der Waals surface area contributed by atoms with Gasteiger partial charge in [0.2, 0.25) is 0 Å². The van der Waals surface area contributed by atoms with Crippen LogP contribution >= 0.6 is 0 Å². The fourth-order valence-electron chi connectivity index (χ4n) is 2.45. The molecule has 0 saturated carbocycles. The fraction of sp³-hybridized carbons (Fsp3) is 0.643. The van der Waals surface area contributed by atoms with Gasteiger partial charge in [0.1, 0.15) is 0 Å². The Balaban J connectivity index is 2.11. The summed E-state index contributed by atoms with van der Waals surface area (Å²) in [6, 6.07) is 3.52. The van der Waals surface area contributed by atoms with E-state index in [1.165, 1.54) is 44.9 Å². The Morgan fingerprint density at radius 2 is 1.19 bits per heavy atom. The average molecular weight is 219 g/mol. The first-order valence-corrected chi connectivity index (χ1v) is 6.57. The molecule has 0 aliphatic carbocycles. The summed E-state index contributed by atoms with van der Waals surface area (Å²) in [4.78, 5) is 14.9. The van der Waals surface area contributed by atoms with Gasteiger partial charge in [0.15, 0.2) is 5.43 Å². The zero-order chi connectivity index (χ0) is 11.2. The van der Waals surface area contributed by atoms with Gasteiger partial charge in [-0.05, 0) is 25.7 Å². The molecule has 88 valence electrons. The summed E-state index contributed by atoms with van der Waals surface area (Å²) in [6.45, 7) is 0. The predicted octanol–water partition coefficient (Wildman–Crippen LogP) is 3.20.